The second kappa shape index (κ2) is 3.97. The van der Waals surface area contributed by atoms with Gasteiger partial charge in [0.25, 0.3) is 0 Å². The van der Waals surface area contributed by atoms with Crippen LogP contribution in [0.2, 0.25) is 0 Å². The Morgan fingerprint density at radius 1 is 1.47 bits per heavy atom. The Morgan fingerprint density at radius 3 is 2.80 bits per heavy atom. The molecule has 0 spiro atoms. The molecule has 3 heteroatoms. The van der Waals surface area contributed by atoms with Gasteiger partial charge >= 0.3 is 0 Å². The van der Waals surface area contributed by atoms with Gasteiger partial charge in [0.15, 0.2) is 0 Å². The van der Waals surface area contributed by atoms with Crippen molar-refractivity contribution < 1.29 is 0 Å². The molecule has 15 heavy (non-hydrogen) atoms. The van der Waals surface area contributed by atoms with Gasteiger partial charge in [-0.3, -0.25) is 0 Å². The maximum absolute atomic E-state index is 4.45. The van der Waals surface area contributed by atoms with E-state index in [-0.39, 0.29) is 5.41 Å². The molecule has 1 aliphatic rings. The highest BCUT2D eigenvalue weighted by Crippen LogP contribution is 2.20. The molecular weight excluding hydrogens is 186 g/mol. The number of nitrogens with one attached hydrogen (secondary N) is 2. The summed E-state index contributed by atoms with van der Waals surface area (Å²) in [4.78, 5) is 7.89. The lowest BCUT2D eigenvalue weighted by Gasteiger charge is -2.14. The van der Waals surface area contributed by atoms with Gasteiger partial charge in [-0.2, -0.15) is 0 Å². The lowest BCUT2D eigenvalue weighted by atomic mass is 9.96. The summed E-state index contributed by atoms with van der Waals surface area (Å²) in [5.41, 5.74) is 1.42. The van der Waals surface area contributed by atoms with Crippen LogP contribution in [0.5, 0.6) is 0 Å². The molecular formula is C12H21N3. The third-order valence-electron chi connectivity index (χ3n) is 3.01. The van der Waals surface area contributed by atoms with Gasteiger partial charge in [-0.1, -0.05) is 20.8 Å². The fourth-order valence-electron chi connectivity index (χ4n) is 2.04. The molecule has 1 unspecified atom stereocenters. The molecule has 0 saturated carbocycles. The number of hydrogen-bond acceptors (Lipinski definition) is 2. The summed E-state index contributed by atoms with van der Waals surface area (Å²) < 4.78 is 0. The van der Waals surface area contributed by atoms with E-state index in [1.165, 1.54) is 18.7 Å². The number of aromatic amines is 1. The number of rotatable bonds is 2. The smallest absolute Gasteiger partial charge is 0.111 e. The van der Waals surface area contributed by atoms with Gasteiger partial charge in [0.1, 0.15) is 5.82 Å². The lowest BCUT2D eigenvalue weighted by molar-refractivity contribution is 0.543. The average molecular weight is 207 g/mol. The second-order valence-electron chi connectivity index (χ2n) is 5.57. The molecule has 1 aliphatic heterocycles. The monoisotopic (exact) mass is 207 g/mol. The third kappa shape index (κ3) is 2.59. The lowest BCUT2D eigenvalue weighted by Crippen LogP contribution is -2.14. The molecule has 0 bridgehead atoms. The fraction of sp³-hybridized carbons (Fsp3) is 0.750. The molecule has 2 rings (SSSR count). The minimum Gasteiger partial charge on any atom is -0.345 e. The zero-order valence-electron chi connectivity index (χ0n) is 9.93. The van der Waals surface area contributed by atoms with Crippen LogP contribution in [-0.2, 0) is 11.8 Å². The molecule has 2 heterocycles. The average Bonchev–Trinajstić information content (AvgIpc) is 2.73. The molecule has 1 atom stereocenters. The van der Waals surface area contributed by atoms with E-state index in [0.717, 1.165) is 24.7 Å². The molecule has 2 N–H and O–H groups in total. The number of imidazole rings is 1. The van der Waals surface area contributed by atoms with Crippen molar-refractivity contribution in [3.63, 3.8) is 0 Å². The molecule has 0 aliphatic carbocycles. The Hall–Kier alpha value is -0.830. The van der Waals surface area contributed by atoms with Crippen LogP contribution in [0.1, 0.15) is 38.7 Å². The SMILES string of the molecule is CC(C)(C)c1ncc(CC2CCNC2)[nH]1. The van der Waals surface area contributed by atoms with Crippen molar-refractivity contribution in [1.29, 1.82) is 0 Å². The Balaban J connectivity index is 2.00. The second-order valence-corrected chi connectivity index (χ2v) is 5.57. The van der Waals surface area contributed by atoms with Gasteiger partial charge in [0.2, 0.25) is 0 Å². The summed E-state index contributed by atoms with van der Waals surface area (Å²) in [7, 11) is 0. The number of nitrogens with zero attached hydrogens (tertiary/aromatic N) is 1. The van der Waals surface area contributed by atoms with Crippen molar-refractivity contribution in [2.24, 2.45) is 5.92 Å². The predicted molar refractivity (Wildman–Crippen MR) is 62.0 cm³/mol. The van der Waals surface area contributed by atoms with Crippen molar-refractivity contribution in [2.75, 3.05) is 13.1 Å². The van der Waals surface area contributed by atoms with Gasteiger partial charge < -0.3 is 10.3 Å². The van der Waals surface area contributed by atoms with Crippen molar-refractivity contribution in [3.8, 4) is 0 Å². The summed E-state index contributed by atoms with van der Waals surface area (Å²) in [5.74, 6) is 1.89. The molecule has 0 amide bonds. The molecule has 1 fully saturated rings. The van der Waals surface area contributed by atoms with Crippen LogP contribution in [0.15, 0.2) is 6.20 Å². The van der Waals surface area contributed by atoms with Crippen molar-refractivity contribution in [2.45, 2.75) is 39.0 Å². The van der Waals surface area contributed by atoms with E-state index in [4.69, 9.17) is 0 Å². The summed E-state index contributed by atoms with van der Waals surface area (Å²) in [6, 6.07) is 0. The molecule has 0 radical (unpaired) electrons. The van der Waals surface area contributed by atoms with Crippen LogP contribution in [0.25, 0.3) is 0 Å². The highest BCUT2D eigenvalue weighted by Gasteiger charge is 2.20. The first kappa shape index (κ1) is 10.7. The van der Waals surface area contributed by atoms with Crippen LogP contribution in [-0.4, -0.2) is 23.1 Å². The van der Waals surface area contributed by atoms with E-state index in [1.807, 2.05) is 6.20 Å². The van der Waals surface area contributed by atoms with Crippen molar-refractivity contribution >= 4 is 0 Å². The van der Waals surface area contributed by atoms with Crippen molar-refractivity contribution in [3.05, 3.63) is 17.7 Å². The molecule has 0 aromatic carbocycles. The minimum absolute atomic E-state index is 0.131. The highest BCUT2D eigenvalue weighted by molar-refractivity contribution is 5.09. The Morgan fingerprint density at radius 2 is 2.27 bits per heavy atom. The first-order valence-corrected chi connectivity index (χ1v) is 5.81. The van der Waals surface area contributed by atoms with Crippen LogP contribution >= 0.6 is 0 Å². The molecule has 1 saturated heterocycles. The Bertz CT molecular complexity index is 316. The normalized spacial score (nSPS) is 22.2. The molecule has 1 aromatic heterocycles. The van der Waals surface area contributed by atoms with Crippen LogP contribution in [0.4, 0.5) is 0 Å². The zero-order valence-corrected chi connectivity index (χ0v) is 9.93. The summed E-state index contributed by atoms with van der Waals surface area (Å²) >= 11 is 0. The van der Waals surface area contributed by atoms with Crippen molar-refractivity contribution in [1.82, 2.24) is 15.3 Å². The topological polar surface area (TPSA) is 40.7 Å². The third-order valence-corrected chi connectivity index (χ3v) is 3.01. The number of aromatic nitrogens is 2. The maximum Gasteiger partial charge on any atom is 0.111 e. The largest absolute Gasteiger partial charge is 0.345 e. The van der Waals surface area contributed by atoms with Gasteiger partial charge in [-0.05, 0) is 31.8 Å². The quantitative estimate of drug-likeness (QED) is 0.777. The fourth-order valence-corrected chi connectivity index (χ4v) is 2.04. The Kier molecular flexibility index (Phi) is 2.83. The number of hydrogen-bond donors (Lipinski definition) is 2. The molecule has 3 nitrogen and oxygen atoms in total. The standard InChI is InChI=1S/C12H21N3/c1-12(2,3)11-14-8-10(15-11)6-9-4-5-13-7-9/h8-9,13H,4-7H2,1-3H3,(H,14,15). The van der Waals surface area contributed by atoms with Crippen LogP contribution < -0.4 is 5.32 Å². The predicted octanol–water partition coefficient (Wildman–Crippen LogP) is 1.86. The van der Waals surface area contributed by atoms with Gasteiger partial charge in [0.05, 0.1) is 0 Å². The summed E-state index contributed by atoms with van der Waals surface area (Å²) in [6.07, 6.45) is 4.43. The highest BCUT2D eigenvalue weighted by atomic mass is 14.9. The van der Waals surface area contributed by atoms with Gasteiger partial charge in [-0.25, -0.2) is 4.98 Å². The first-order valence-electron chi connectivity index (χ1n) is 5.81. The van der Waals surface area contributed by atoms with E-state index in [2.05, 4.69) is 36.1 Å². The summed E-state index contributed by atoms with van der Waals surface area (Å²) in [5, 5.41) is 3.40. The van der Waals surface area contributed by atoms with Crippen LogP contribution in [0, 0.1) is 5.92 Å². The number of H-pyrrole nitrogens is 1. The maximum atomic E-state index is 4.45. The van der Waals surface area contributed by atoms with E-state index < -0.39 is 0 Å². The summed E-state index contributed by atoms with van der Waals surface area (Å²) in [6.45, 7) is 8.89. The zero-order chi connectivity index (χ0) is 10.9. The van der Waals surface area contributed by atoms with E-state index >= 15 is 0 Å². The first-order chi connectivity index (χ1) is 7.05. The van der Waals surface area contributed by atoms with E-state index in [1.54, 1.807) is 0 Å². The molecule has 84 valence electrons. The van der Waals surface area contributed by atoms with Crippen LogP contribution in [0.3, 0.4) is 0 Å². The molecule has 1 aromatic rings. The van der Waals surface area contributed by atoms with Gasteiger partial charge in [0, 0.05) is 17.3 Å². The van der Waals surface area contributed by atoms with E-state index in [0.29, 0.717) is 0 Å². The Labute approximate surface area is 91.7 Å². The van der Waals surface area contributed by atoms with E-state index in [9.17, 15) is 0 Å². The minimum atomic E-state index is 0.131. The van der Waals surface area contributed by atoms with Gasteiger partial charge in [-0.15, -0.1) is 0 Å².